The maximum absolute atomic E-state index is 11.7. The highest BCUT2D eigenvalue weighted by molar-refractivity contribution is 5.79. The normalized spacial score (nSPS) is 19.4. The first kappa shape index (κ1) is 12.9. The van der Waals surface area contributed by atoms with Crippen LogP contribution in [0.4, 0.5) is 0 Å². The number of benzene rings is 1. The van der Waals surface area contributed by atoms with Crippen LogP contribution >= 0.6 is 0 Å². The third-order valence-electron chi connectivity index (χ3n) is 3.14. The molecule has 0 spiro atoms. The second-order valence-electron chi connectivity index (χ2n) is 4.60. The van der Waals surface area contributed by atoms with E-state index < -0.39 is 0 Å². The van der Waals surface area contributed by atoms with Gasteiger partial charge in [0.1, 0.15) is 5.75 Å². The minimum Gasteiger partial charge on any atom is -0.508 e. The molecular weight excluding hydrogens is 230 g/mol. The Morgan fingerprint density at radius 3 is 2.94 bits per heavy atom. The molecule has 0 bridgehead atoms. The van der Waals surface area contributed by atoms with Crippen molar-refractivity contribution in [2.24, 2.45) is 0 Å². The zero-order valence-corrected chi connectivity index (χ0v) is 10.4. The number of hydrogen-bond donors (Lipinski definition) is 2. The fourth-order valence-corrected chi connectivity index (χ4v) is 2.09. The van der Waals surface area contributed by atoms with Crippen molar-refractivity contribution in [3.63, 3.8) is 0 Å². The molecule has 1 fully saturated rings. The summed E-state index contributed by atoms with van der Waals surface area (Å²) in [4.78, 5) is 11.7. The number of ether oxygens (including phenoxy) is 1. The van der Waals surface area contributed by atoms with E-state index in [1.807, 2.05) is 6.07 Å². The Bertz CT molecular complexity index is 400. The van der Waals surface area contributed by atoms with Crippen molar-refractivity contribution >= 4 is 5.91 Å². The maximum atomic E-state index is 11.7. The zero-order valence-electron chi connectivity index (χ0n) is 10.4. The molecule has 1 aromatic carbocycles. The number of amides is 1. The summed E-state index contributed by atoms with van der Waals surface area (Å²) in [7, 11) is 0. The van der Waals surface area contributed by atoms with Gasteiger partial charge in [0.2, 0.25) is 5.91 Å². The fourth-order valence-electron chi connectivity index (χ4n) is 2.09. The number of carbonyl (C=O) groups excluding carboxylic acids is 1. The second kappa shape index (κ2) is 6.40. The monoisotopic (exact) mass is 249 g/mol. The van der Waals surface area contributed by atoms with E-state index in [1.165, 1.54) is 6.42 Å². The van der Waals surface area contributed by atoms with Crippen LogP contribution in [0.1, 0.15) is 24.8 Å². The van der Waals surface area contributed by atoms with Gasteiger partial charge < -0.3 is 15.2 Å². The van der Waals surface area contributed by atoms with E-state index in [9.17, 15) is 9.90 Å². The van der Waals surface area contributed by atoms with Crippen LogP contribution < -0.4 is 5.32 Å². The number of carbonyl (C=O) groups is 1. The Kier molecular flexibility index (Phi) is 4.59. The van der Waals surface area contributed by atoms with Crippen LogP contribution in [0, 0.1) is 0 Å². The van der Waals surface area contributed by atoms with Gasteiger partial charge in [-0.3, -0.25) is 4.79 Å². The Morgan fingerprint density at radius 2 is 2.22 bits per heavy atom. The van der Waals surface area contributed by atoms with Gasteiger partial charge in [-0.1, -0.05) is 18.2 Å². The van der Waals surface area contributed by atoms with Crippen molar-refractivity contribution in [1.29, 1.82) is 0 Å². The van der Waals surface area contributed by atoms with Gasteiger partial charge in [-0.2, -0.15) is 0 Å². The molecule has 1 atom stereocenters. The van der Waals surface area contributed by atoms with E-state index in [2.05, 4.69) is 5.32 Å². The topological polar surface area (TPSA) is 58.6 Å². The molecule has 1 aliphatic rings. The number of aromatic hydroxyl groups is 1. The largest absolute Gasteiger partial charge is 0.508 e. The molecule has 4 heteroatoms. The second-order valence-corrected chi connectivity index (χ2v) is 4.60. The number of nitrogens with one attached hydrogen (secondary N) is 1. The predicted octanol–water partition coefficient (Wildman–Crippen LogP) is 1.62. The number of phenolic OH excluding ortho intramolecular Hbond substituents is 1. The average Bonchev–Trinajstić information content (AvgIpc) is 2.40. The fraction of sp³-hybridized carbons (Fsp3) is 0.500. The molecule has 2 N–H and O–H groups in total. The van der Waals surface area contributed by atoms with Crippen molar-refractivity contribution in [2.75, 3.05) is 13.2 Å². The maximum Gasteiger partial charge on any atom is 0.224 e. The summed E-state index contributed by atoms with van der Waals surface area (Å²) in [6.45, 7) is 1.35. The van der Waals surface area contributed by atoms with Gasteiger partial charge in [0, 0.05) is 18.7 Å². The van der Waals surface area contributed by atoms with Crippen LogP contribution in [0.5, 0.6) is 5.75 Å². The van der Waals surface area contributed by atoms with Crippen LogP contribution in [0.3, 0.4) is 0 Å². The van der Waals surface area contributed by atoms with Gasteiger partial charge >= 0.3 is 0 Å². The molecule has 1 unspecified atom stereocenters. The first-order valence-electron chi connectivity index (χ1n) is 6.41. The molecule has 4 nitrogen and oxygen atoms in total. The van der Waals surface area contributed by atoms with Gasteiger partial charge in [0.05, 0.1) is 12.5 Å². The number of hydrogen-bond acceptors (Lipinski definition) is 3. The van der Waals surface area contributed by atoms with E-state index >= 15 is 0 Å². The molecule has 1 aromatic rings. The van der Waals surface area contributed by atoms with Crippen LogP contribution in [0.2, 0.25) is 0 Å². The van der Waals surface area contributed by atoms with Gasteiger partial charge in [-0.15, -0.1) is 0 Å². The molecule has 18 heavy (non-hydrogen) atoms. The highest BCUT2D eigenvalue weighted by Crippen LogP contribution is 2.16. The lowest BCUT2D eigenvalue weighted by atomic mass is 10.1. The van der Waals surface area contributed by atoms with Gasteiger partial charge in [-0.05, 0) is 25.3 Å². The molecule has 0 saturated carbocycles. The number of rotatable bonds is 4. The molecule has 1 saturated heterocycles. The highest BCUT2D eigenvalue weighted by atomic mass is 16.5. The van der Waals surface area contributed by atoms with Gasteiger partial charge in [0.25, 0.3) is 0 Å². The summed E-state index contributed by atoms with van der Waals surface area (Å²) in [5.74, 6) is 0.0900. The molecule has 2 rings (SSSR count). The van der Waals surface area contributed by atoms with Crippen LogP contribution in [0.15, 0.2) is 24.3 Å². The first-order valence-corrected chi connectivity index (χ1v) is 6.41. The molecule has 1 heterocycles. The molecule has 0 aromatic heterocycles. The lowest BCUT2D eigenvalue weighted by molar-refractivity contribution is -0.121. The molecular formula is C14H19NO3. The Hall–Kier alpha value is -1.55. The summed E-state index contributed by atoms with van der Waals surface area (Å²) in [5.41, 5.74) is 0.652. The van der Waals surface area contributed by atoms with E-state index in [0.29, 0.717) is 12.1 Å². The van der Waals surface area contributed by atoms with E-state index in [-0.39, 0.29) is 24.2 Å². The van der Waals surface area contributed by atoms with Crippen LogP contribution in [0.25, 0.3) is 0 Å². The SMILES string of the molecule is O=C(Cc1ccccc1O)NCC1CCCCO1. The van der Waals surface area contributed by atoms with Crippen molar-refractivity contribution in [2.45, 2.75) is 31.8 Å². The summed E-state index contributed by atoms with van der Waals surface area (Å²) in [6.07, 6.45) is 3.64. The van der Waals surface area contributed by atoms with Crippen LogP contribution in [-0.2, 0) is 16.0 Å². The molecule has 0 radical (unpaired) electrons. The van der Waals surface area contributed by atoms with Crippen LogP contribution in [-0.4, -0.2) is 30.3 Å². The molecule has 1 amide bonds. The predicted molar refractivity (Wildman–Crippen MR) is 68.4 cm³/mol. The van der Waals surface area contributed by atoms with E-state index in [4.69, 9.17) is 4.74 Å². The summed E-state index contributed by atoms with van der Waals surface area (Å²) in [6, 6.07) is 6.90. The standard InChI is InChI=1S/C14H19NO3/c16-13-7-2-1-5-11(13)9-14(17)15-10-12-6-3-4-8-18-12/h1-2,5,7,12,16H,3-4,6,8-10H2,(H,15,17). The Balaban J connectivity index is 1.76. The Morgan fingerprint density at radius 1 is 1.39 bits per heavy atom. The molecule has 1 aliphatic heterocycles. The highest BCUT2D eigenvalue weighted by Gasteiger charge is 2.15. The summed E-state index contributed by atoms with van der Waals surface area (Å²) >= 11 is 0. The van der Waals surface area contributed by atoms with Gasteiger partial charge in [-0.25, -0.2) is 0 Å². The minimum absolute atomic E-state index is 0.0781. The number of phenols is 1. The molecule has 98 valence electrons. The first-order chi connectivity index (χ1) is 8.75. The quantitative estimate of drug-likeness (QED) is 0.852. The van der Waals surface area contributed by atoms with Crippen molar-refractivity contribution < 1.29 is 14.6 Å². The molecule has 0 aliphatic carbocycles. The van der Waals surface area contributed by atoms with E-state index in [1.54, 1.807) is 18.2 Å². The van der Waals surface area contributed by atoms with Crippen molar-refractivity contribution in [3.8, 4) is 5.75 Å². The summed E-state index contributed by atoms with van der Waals surface area (Å²) in [5, 5.41) is 12.4. The minimum atomic E-state index is -0.0781. The lowest BCUT2D eigenvalue weighted by Gasteiger charge is -2.22. The van der Waals surface area contributed by atoms with Gasteiger partial charge in [0.15, 0.2) is 0 Å². The third-order valence-corrected chi connectivity index (χ3v) is 3.14. The smallest absolute Gasteiger partial charge is 0.224 e. The average molecular weight is 249 g/mol. The lowest BCUT2D eigenvalue weighted by Crippen LogP contribution is -2.36. The summed E-state index contributed by atoms with van der Waals surface area (Å²) < 4.78 is 5.54. The zero-order chi connectivity index (χ0) is 12.8. The van der Waals surface area contributed by atoms with E-state index in [0.717, 1.165) is 19.4 Å². The van der Waals surface area contributed by atoms with Crippen molar-refractivity contribution in [3.05, 3.63) is 29.8 Å². The van der Waals surface area contributed by atoms with Crippen molar-refractivity contribution in [1.82, 2.24) is 5.32 Å². The Labute approximate surface area is 107 Å². The number of para-hydroxylation sites is 1. The third kappa shape index (κ3) is 3.74.